The van der Waals surface area contributed by atoms with Crippen molar-refractivity contribution >= 4 is 5.84 Å². The second-order valence-electron chi connectivity index (χ2n) is 6.67. The molecule has 0 aliphatic carbocycles. The van der Waals surface area contributed by atoms with E-state index in [1.807, 2.05) is 0 Å². The summed E-state index contributed by atoms with van der Waals surface area (Å²) in [6, 6.07) is 0. The predicted octanol–water partition coefficient (Wildman–Crippen LogP) is 6.74. The van der Waals surface area contributed by atoms with E-state index < -0.39 is 0 Å². The Hall–Kier alpha value is -0.790. The number of hydrogen-bond acceptors (Lipinski definition) is 1. The summed E-state index contributed by atoms with van der Waals surface area (Å²) >= 11 is 0. The van der Waals surface area contributed by atoms with Gasteiger partial charge < -0.3 is 0 Å². The van der Waals surface area contributed by atoms with Gasteiger partial charge in [0, 0.05) is 18.8 Å². The summed E-state index contributed by atoms with van der Waals surface area (Å²) in [6.45, 7) is 2.29. The maximum atomic E-state index is 4.21. The first-order valence-electron chi connectivity index (χ1n) is 9.86. The number of amidine groups is 1. The summed E-state index contributed by atoms with van der Waals surface area (Å²) in [5.41, 5.74) is 0. The van der Waals surface area contributed by atoms with Gasteiger partial charge in [0.2, 0.25) is 0 Å². The third-order valence-electron chi connectivity index (χ3n) is 4.52. The zero-order valence-electron chi connectivity index (χ0n) is 14.9. The van der Waals surface area contributed by atoms with Gasteiger partial charge in [-0.15, -0.1) is 0 Å². The molecule has 0 saturated carbocycles. The summed E-state index contributed by atoms with van der Waals surface area (Å²) in [4.78, 5) is 4.21. The third kappa shape index (κ3) is 11.8. The van der Waals surface area contributed by atoms with E-state index in [4.69, 9.17) is 0 Å². The van der Waals surface area contributed by atoms with Crippen LogP contribution in [0.25, 0.3) is 0 Å². The van der Waals surface area contributed by atoms with Crippen LogP contribution in [0.1, 0.15) is 110 Å². The van der Waals surface area contributed by atoms with Gasteiger partial charge in [0.25, 0.3) is 0 Å². The van der Waals surface area contributed by atoms with Gasteiger partial charge in [0.15, 0.2) is 0 Å². The van der Waals surface area contributed by atoms with Crippen molar-refractivity contribution in [1.82, 2.24) is 5.32 Å². The molecule has 1 rings (SSSR count). The van der Waals surface area contributed by atoms with Gasteiger partial charge in [0.05, 0.1) is 0 Å². The Morgan fingerprint density at radius 1 is 0.591 bits per heavy atom. The Morgan fingerprint density at radius 2 is 1.05 bits per heavy atom. The van der Waals surface area contributed by atoms with Gasteiger partial charge in [-0.3, -0.25) is 0 Å². The number of hydrogen-bond donors (Lipinski definition) is 0. The SMILES string of the molecule is CCCCCCCCCCCCCCCCCC1=NC=C[N]1. The van der Waals surface area contributed by atoms with Gasteiger partial charge >= 0.3 is 0 Å². The fourth-order valence-electron chi connectivity index (χ4n) is 3.06. The lowest BCUT2D eigenvalue weighted by atomic mass is 10.0. The Kier molecular flexibility index (Phi) is 13.2. The highest BCUT2D eigenvalue weighted by atomic mass is 15.0. The second-order valence-corrected chi connectivity index (χ2v) is 6.67. The van der Waals surface area contributed by atoms with Gasteiger partial charge in [-0.1, -0.05) is 96.8 Å². The zero-order valence-corrected chi connectivity index (χ0v) is 14.9. The van der Waals surface area contributed by atoms with Gasteiger partial charge in [-0.25, -0.2) is 10.3 Å². The highest BCUT2D eigenvalue weighted by Gasteiger charge is 2.01. The van der Waals surface area contributed by atoms with Crippen molar-refractivity contribution in [2.75, 3.05) is 0 Å². The largest absolute Gasteiger partial charge is 0.240 e. The second kappa shape index (κ2) is 15.1. The Balaban J connectivity index is 1.66. The molecule has 0 aromatic carbocycles. The van der Waals surface area contributed by atoms with Gasteiger partial charge in [-0.05, 0) is 6.42 Å². The summed E-state index contributed by atoms with van der Waals surface area (Å²) in [5, 5.41) is 4.21. The standard InChI is InChI=1S/C20H37N2/c1-2-3-4-5-6-7-8-9-10-11-12-13-14-15-16-17-20-21-18-19-22-20/h18-19H,2-17H2,1H3. The molecule has 127 valence electrons. The van der Waals surface area contributed by atoms with Crippen LogP contribution in [0.3, 0.4) is 0 Å². The molecular weight excluding hydrogens is 268 g/mol. The fourth-order valence-corrected chi connectivity index (χ4v) is 3.06. The minimum atomic E-state index is 1.02. The van der Waals surface area contributed by atoms with Crippen molar-refractivity contribution < 1.29 is 0 Å². The Morgan fingerprint density at radius 3 is 1.45 bits per heavy atom. The summed E-state index contributed by atoms with van der Waals surface area (Å²) < 4.78 is 0. The molecule has 0 fully saturated rings. The summed E-state index contributed by atoms with van der Waals surface area (Å²) in [6.07, 6.45) is 25.9. The van der Waals surface area contributed by atoms with Crippen LogP contribution >= 0.6 is 0 Å². The quantitative estimate of drug-likeness (QED) is 0.282. The summed E-state index contributed by atoms with van der Waals surface area (Å²) in [5.74, 6) is 1.02. The molecule has 0 aromatic rings. The predicted molar refractivity (Wildman–Crippen MR) is 98.3 cm³/mol. The van der Waals surface area contributed by atoms with Crippen molar-refractivity contribution in [2.24, 2.45) is 4.99 Å². The Bertz CT molecular complexity index is 294. The molecule has 1 radical (unpaired) electrons. The van der Waals surface area contributed by atoms with E-state index in [0.717, 1.165) is 12.3 Å². The number of nitrogens with zero attached hydrogens (tertiary/aromatic N) is 2. The maximum absolute atomic E-state index is 4.21. The van der Waals surface area contributed by atoms with Crippen LogP contribution in [0.2, 0.25) is 0 Å². The first kappa shape index (κ1) is 19.3. The molecule has 0 N–H and O–H groups in total. The van der Waals surface area contributed by atoms with E-state index in [1.54, 1.807) is 12.4 Å². The average molecular weight is 306 g/mol. The lowest BCUT2D eigenvalue weighted by Crippen LogP contribution is -2.05. The molecule has 1 aliphatic rings. The topological polar surface area (TPSA) is 26.5 Å². The van der Waals surface area contributed by atoms with Gasteiger partial charge in [0.1, 0.15) is 5.84 Å². The van der Waals surface area contributed by atoms with Crippen LogP contribution in [-0.2, 0) is 0 Å². The normalized spacial score (nSPS) is 13.4. The monoisotopic (exact) mass is 305 g/mol. The van der Waals surface area contributed by atoms with Crippen molar-refractivity contribution in [3.8, 4) is 0 Å². The number of unbranched alkanes of at least 4 members (excludes halogenated alkanes) is 14. The van der Waals surface area contributed by atoms with Crippen molar-refractivity contribution in [3.05, 3.63) is 12.4 Å². The van der Waals surface area contributed by atoms with Gasteiger partial charge in [-0.2, -0.15) is 0 Å². The van der Waals surface area contributed by atoms with Crippen molar-refractivity contribution in [2.45, 2.75) is 110 Å². The fraction of sp³-hybridized carbons (Fsp3) is 0.850. The number of rotatable bonds is 16. The first-order valence-corrected chi connectivity index (χ1v) is 9.86. The molecule has 0 unspecified atom stereocenters. The molecule has 0 aromatic heterocycles. The average Bonchev–Trinajstić information content (AvgIpc) is 3.04. The maximum Gasteiger partial charge on any atom is 0.128 e. The molecule has 0 atom stereocenters. The van der Waals surface area contributed by atoms with Crippen molar-refractivity contribution in [1.29, 1.82) is 0 Å². The lowest BCUT2D eigenvalue weighted by molar-refractivity contribution is 0.533. The number of aliphatic imine (C=N–C) groups is 1. The third-order valence-corrected chi connectivity index (χ3v) is 4.52. The molecule has 22 heavy (non-hydrogen) atoms. The van der Waals surface area contributed by atoms with Crippen LogP contribution < -0.4 is 5.32 Å². The van der Waals surface area contributed by atoms with Crippen LogP contribution in [0.5, 0.6) is 0 Å². The Labute approximate surface area is 138 Å². The van der Waals surface area contributed by atoms with Crippen LogP contribution in [0.15, 0.2) is 17.4 Å². The van der Waals surface area contributed by atoms with Crippen LogP contribution in [0.4, 0.5) is 0 Å². The van der Waals surface area contributed by atoms with E-state index in [2.05, 4.69) is 17.2 Å². The van der Waals surface area contributed by atoms with Crippen LogP contribution in [-0.4, -0.2) is 5.84 Å². The smallest absolute Gasteiger partial charge is 0.128 e. The zero-order chi connectivity index (χ0) is 15.7. The lowest BCUT2D eigenvalue weighted by Gasteiger charge is -2.03. The molecule has 0 spiro atoms. The summed E-state index contributed by atoms with van der Waals surface area (Å²) in [7, 11) is 0. The van der Waals surface area contributed by atoms with E-state index in [-0.39, 0.29) is 0 Å². The molecule has 0 amide bonds. The van der Waals surface area contributed by atoms with Crippen molar-refractivity contribution in [3.63, 3.8) is 0 Å². The molecule has 1 aliphatic heterocycles. The van der Waals surface area contributed by atoms with Crippen LogP contribution in [0, 0.1) is 0 Å². The van der Waals surface area contributed by atoms with E-state index in [0.29, 0.717) is 0 Å². The van der Waals surface area contributed by atoms with E-state index in [1.165, 1.54) is 96.3 Å². The molecule has 0 bridgehead atoms. The highest BCUT2D eigenvalue weighted by molar-refractivity contribution is 5.84. The highest BCUT2D eigenvalue weighted by Crippen LogP contribution is 2.14. The van der Waals surface area contributed by atoms with E-state index >= 15 is 0 Å². The molecule has 2 nitrogen and oxygen atoms in total. The van der Waals surface area contributed by atoms with E-state index in [9.17, 15) is 0 Å². The first-order chi connectivity index (χ1) is 10.9. The molecule has 2 heteroatoms. The molecule has 0 saturated heterocycles. The minimum absolute atomic E-state index is 1.02. The minimum Gasteiger partial charge on any atom is -0.240 e. The molecular formula is C20H37N2. The molecule has 1 heterocycles.